The smallest absolute Gasteiger partial charge is 0.204 e. The Kier molecular flexibility index (Phi) is 8.16. The molecule has 5 rings (SSSR count). The van der Waals surface area contributed by atoms with E-state index >= 15 is 0 Å². The Morgan fingerprint density at radius 3 is 1.64 bits per heavy atom. The highest BCUT2D eigenvalue weighted by molar-refractivity contribution is 5.93. The summed E-state index contributed by atoms with van der Waals surface area (Å²) in [5.41, 5.74) is -2.63. The van der Waals surface area contributed by atoms with Crippen LogP contribution in [-0.4, -0.2) is 118 Å². The molecule has 0 radical (unpaired) electrons. The van der Waals surface area contributed by atoms with E-state index in [-0.39, 0.29) is 16.9 Å². The predicted molar refractivity (Wildman–Crippen MR) is 138 cm³/mol. The van der Waals surface area contributed by atoms with E-state index in [0.29, 0.717) is 0 Å². The number of hydrogen-bond donors (Lipinski definition) is 11. The normalized spacial score (nSPS) is 33.6. The van der Waals surface area contributed by atoms with E-state index in [1.807, 2.05) is 0 Å². The maximum absolute atomic E-state index is 13.8. The topological polar surface area (TPSA) is 271 Å². The summed E-state index contributed by atoms with van der Waals surface area (Å²) in [7, 11) is 0. The van der Waals surface area contributed by atoms with Gasteiger partial charge in [-0.2, -0.15) is 0 Å². The molecule has 0 unspecified atom stereocenters. The Hall–Kier alpha value is -3.35. The third-order valence-corrected chi connectivity index (χ3v) is 7.77. The van der Waals surface area contributed by atoms with Crippen LogP contribution in [0, 0.1) is 0 Å². The van der Waals surface area contributed by atoms with Gasteiger partial charge in [-0.25, -0.2) is 0 Å². The van der Waals surface area contributed by atoms with Gasteiger partial charge in [-0.3, -0.25) is 4.79 Å². The van der Waals surface area contributed by atoms with Gasteiger partial charge in [0, 0.05) is 0 Å². The van der Waals surface area contributed by atoms with Gasteiger partial charge in [0.1, 0.15) is 89.9 Å². The van der Waals surface area contributed by atoms with Crippen LogP contribution in [0.25, 0.3) is 22.1 Å². The van der Waals surface area contributed by atoms with Crippen LogP contribution in [0.4, 0.5) is 0 Å². The molecule has 15 heteroatoms. The average molecular weight is 595 g/mol. The van der Waals surface area contributed by atoms with Crippen LogP contribution >= 0.6 is 0 Å². The number of hydrogen-bond acceptors (Lipinski definition) is 15. The first kappa shape index (κ1) is 30.1. The van der Waals surface area contributed by atoms with Gasteiger partial charge >= 0.3 is 0 Å². The van der Waals surface area contributed by atoms with Crippen LogP contribution in [0.1, 0.15) is 23.3 Å². The Morgan fingerprint density at radius 1 is 0.643 bits per heavy atom. The minimum absolute atomic E-state index is 0.105. The molecule has 2 saturated heterocycles. The zero-order chi connectivity index (χ0) is 30.6. The monoisotopic (exact) mass is 594 g/mol. The number of aliphatic hydroxyl groups excluding tert-OH is 8. The fourth-order valence-corrected chi connectivity index (χ4v) is 5.43. The number of phenolic OH excluding ortho intramolecular Hbond substituents is 3. The first-order valence-electron chi connectivity index (χ1n) is 12.9. The van der Waals surface area contributed by atoms with Gasteiger partial charge in [-0.15, -0.1) is 0 Å². The molecule has 0 bridgehead atoms. The number of ether oxygens (including phenoxy) is 2. The number of aromatic hydroxyl groups is 3. The second-order valence-corrected chi connectivity index (χ2v) is 10.3. The molecule has 0 saturated carbocycles. The van der Waals surface area contributed by atoms with Crippen LogP contribution in [-0.2, 0) is 9.47 Å². The van der Waals surface area contributed by atoms with Gasteiger partial charge in [0.15, 0.2) is 5.58 Å². The lowest BCUT2D eigenvalue weighted by atomic mass is 9.85. The summed E-state index contributed by atoms with van der Waals surface area (Å²) in [6, 6.07) is 5.33. The number of fused-ring (bicyclic) bond motifs is 1. The van der Waals surface area contributed by atoms with Gasteiger partial charge in [-0.1, -0.05) is 12.1 Å². The molecular formula is C27H30O15. The minimum Gasteiger partial charge on any atom is -0.508 e. The van der Waals surface area contributed by atoms with Crippen molar-refractivity contribution < 1.29 is 70.1 Å². The molecule has 0 spiro atoms. The fourth-order valence-electron chi connectivity index (χ4n) is 5.43. The van der Waals surface area contributed by atoms with Crippen molar-refractivity contribution >= 4 is 11.0 Å². The van der Waals surface area contributed by atoms with Gasteiger partial charge < -0.3 is 70.1 Å². The molecule has 3 heterocycles. The third-order valence-electron chi connectivity index (χ3n) is 7.77. The maximum Gasteiger partial charge on any atom is 0.204 e. The summed E-state index contributed by atoms with van der Waals surface area (Å²) in [6.07, 6.45) is -17.2. The highest BCUT2D eigenvalue weighted by atomic mass is 16.6. The summed E-state index contributed by atoms with van der Waals surface area (Å²) in [6.45, 7) is -1.70. The minimum atomic E-state index is -2.04. The molecule has 1 aromatic heterocycles. The van der Waals surface area contributed by atoms with E-state index in [1.165, 1.54) is 24.3 Å². The van der Waals surface area contributed by atoms with Gasteiger partial charge in [0.2, 0.25) is 5.43 Å². The van der Waals surface area contributed by atoms with E-state index in [1.54, 1.807) is 0 Å². The summed E-state index contributed by atoms with van der Waals surface area (Å²) in [5.74, 6) is -2.09. The molecule has 2 aromatic carbocycles. The molecule has 2 fully saturated rings. The Bertz CT molecular complexity index is 1500. The van der Waals surface area contributed by atoms with Gasteiger partial charge in [0.25, 0.3) is 0 Å². The lowest BCUT2D eigenvalue weighted by molar-refractivity contribution is -0.234. The van der Waals surface area contributed by atoms with Crippen molar-refractivity contribution in [2.45, 2.75) is 61.0 Å². The molecular weight excluding hydrogens is 564 g/mol. The Balaban J connectivity index is 1.82. The van der Waals surface area contributed by atoms with E-state index in [0.717, 1.165) is 6.26 Å². The SMILES string of the molecule is O=c1c(-c2ccc(O)cc2)coc2c([C@@H]3O[C@@H](CO)[C@@H](O)[C@@H](O)[C@@H]3O)c(O)c([C@@H]3O[C@@H](CO)[C@@H](O)[C@@H](O)[C@H]3O)c(O)c12. The van der Waals surface area contributed by atoms with Crippen LogP contribution < -0.4 is 5.43 Å². The van der Waals surface area contributed by atoms with Crippen molar-refractivity contribution in [3.8, 4) is 28.4 Å². The Morgan fingerprint density at radius 2 is 1.14 bits per heavy atom. The predicted octanol–water partition coefficient (Wildman–Crippen LogP) is -2.39. The third kappa shape index (κ3) is 4.69. The molecule has 0 amide bonds. The highest BCUT2D eigenvalue weighted by Crippen LogP contribution is 2.50. The molecule has 11 N–H and O–H groups in total. The largest absolute Gasteiger partial charge is 0.508 e. The van der Waals surface area contributed by atoms with Crippen molar-refractivity contribution in [2.75, 3.05) is 13.2 Å². The molecule has 15 nitrogen and oxygen atoms in total. The number of rotatable bonds is 5. The highest BCUT2D eigenvalue weighted by Gasteiger charge is 2.50. The zero-order valence-corrected chi connectivity index (χ0v) is 21.6. The van der Waals surface area contributed by atoms with Crippen LogP contribution in [0.3, 0.4) is 0 Å². The molecule has 228 valence electrons. The lowest BCUT2D eigenvalue weighted by Crippen LogP contribution is -2.55. The molecule has 10 atom stereocenters. The van der Waals surface area contributed by atoms with Crippen molar-refractivity contribution in [1.82, 2.24) is 0 Å². The molecule has 2 aliphatic rings. The van der Waals surface area contributed by atoms with E-state index in [9.17, 15) is 61.0 Å². The van der Waals surface area contributed by atoms with Crippen LogP contribution in [0.2, 0.25) is 0 Å². The van der Waals surface area contributed by atoms with Crippen LogP contribution in [0.5, 0.6) is 17.2 Å². The second kappa shape index (κ2) is 11.4. The summed E-state index contributed by atoms with van der Waals surface area (Å²) in [5, 5.41) is 114. The quantitative estimate of drug-likeness (QED) is 0.147. The number of aliphatic hydroxyl groups is 8. The van der Waals surface area contributed by atoms with Crippen LogP contribution in [0.15, 0.2) is 39.7 Å². The number of phenols is 3. The lowest BCUT2D eigenvalue weighted by Gasteiger charge is -2.42. The maximum atomic E-state index is 13.8. The Labute approximate surface area is 235 Å². The van der Waals surface area contributed by atoms with Crippen molar-refractivity contribution in [1.29, 1.82) is 0 Å². The first-order chi connectivity index (χ1) is 19.9. The molecule has 2 aliphatic heterocycles. The second-order valence-electron chi connectivity index (χ2n) is 10.3. The average Bonchev–Trinajstić information content (AvgIpc) is 2.97. The van der Waals surface area contributed by atoms with Gasteiger partial charge in [-0.05, 0) is 17.7 Å². The molecule has 3 aromatic rings. The van der Waals surface area contributed by atoms with Crippen molar-refractivity contribution in [3.05, 3.63) is 51.9 Å². The van der Waals surface area contributed by atoms with Gasteiger partial charge in [0.05, 0.1) is 29.9 Å². The van der Waals surface area contributed by atoms with Crippen molar-refractivity contribution in [2.24, 2.45) is 0 Å². The molecule has 42 heavy (non-hydrogen) atoms. The first-order valence-corrected chi connectivity index (χ1v) is 12.9. The standard InChI is InChI=1S/C27H30O15/c28-5-11-17(32)21(36)23(38)26(41-11)14-19(34)13-16(31)10(8-1-3-9(30)4-2-8)7-40-25(13)15(20(14)35)27-24(39)22(37)18(33)12(6-29)42-27/h1-4,7,11-12,17-18,21-24,26-30,32-39H,5-6H2/t11-,12-,17+,18+,21+,22+,23+,24-,26-,27-/m0/s1. The van der Waals surface area contributed by atoms with E-state index < -0.39 is 113 Å². The number of benzene rings is 2. The van der Waals surface area contributed by atoms with E-state index in [2.05, 4.69) is 0 Å². The summed E-state index contributed by atoms with van der Waals surface area (Å²) in [4.78, 5) is 13.8. The summed E-state index contributed by atoms with van der Waals surface area (Å²) >= 11 is 0. The zero-order valence-electron chi connectivity index (χ0n) is 21.6. The molecule has 0 aliphatic carbocycles. The van der Waals surface area contributed by atoms with Crippen molar-refractivity contribution in [3.63, 3.8) is 0 Å². The summed E-state index contributed by atoms with van der Waals surface area (Å²) < 4.78 is 16.8. The fraction of sp³-hybridized carbons (Fsp3) is 0.444. The van der Waals surface area contributed by atoms with E-state index in [4.69, 9.17) is 13.9 Å².